The van der Waals surface area contributed by atoms with Crippen molar-refractivity contribution in [2.24, 2.45) is 0 Å². The summed E-state index contributed by atoms with van der Waals surface area (Å²) in [5.74, 6) is 0.858. The molecule has 3 aromatic rings. The number of hydrogen-bond donors (Lipinski definition) is 0. The number of carbonyl (C=O) groups is 1. The van der Waals surface area contributed by atoms with E-state index in [4.69, 9.17) is 4.42 Å². The Labute approximate surface area is 168 Å². The van der Waals surface area contributed by atoms with Gasteiger partial charge in [0.2, 0.25) is 11.8 Å². The van der Waals surface area contributed by atoms with E-state index in [-0.39, 0.29) is 5.91 Å². The minimum atomic E-state index is 0.0865. The molecule has 0 fully saturated rings. The number of aromatic nitrogens is 2. The lowest BCUT2D eigenvalue weighted by Crippen LogP contribution is -2.35. The van der Waals surface area contributed by atoms with E-state index < -0.39 is 0 Å². The normalized spacial score (nSPS) is 14.0. The molecule has 2 aromatic carbocycles. The molecule has 142 valence electrons. The lowest BCUT2D eigenvalue weighted by atomic mass is 10.00. The van der Waals surface area contributed by atoms with E-state index in [2.05, 4.69) is 28.4 Å². The van der Waals surface area contributed by atoms with Crippen LogP contribution in [0.25, 0.3) is 17.0 Å². The summed E-state index contributed by atoms with van der Waals surface area (Å²) in [6.07, 6.45) is 3.02. The third kappa shape index (κ3) is 4.34. The third-order valence-corrected chi connectivity index (χ3v) is 5.53. The lowest BCUT2D eigenvalue weighted by molar-refractivity contribution is -0.127. The molecule has 6 heteroatoms. The molecule has 0 radical (unpaired) electrons. The second-order valence-corrected chi connectivity index (χ2v) is 7.64. The molecule has 0 aliphatic carbocycles. The van der Waals surface area contributed by atoms with Crippen LogP contribution in [0.4, 0.5) is 0 Å². The smallest absolute Gasteiger partial charge is 0.277 e. The Bertz CT molecular complexity index is 981. The van der Waals surface area contributed by atoms with Gasteiger partial charge in [0.1, 0.15) is 0 Å². The molecular weight excluding hydrogens is 370 g/mol. The highest BCUT2D eigenvalue weighted by atomic mass is 32.2. The van der Waals surface area contributed by atoms with Gasteiger partial charge in [-0.3, -0.25) is 4.79 Å². The van der Waals surface area contributed by atoms with E-state index in [0.717, 1.165) is 18.5 Å². The fourth-order valence-corrected chi connectivity index (χ4v) is 3.77. The first kappa shape index (κ1) is 18.5. The van der Waals surface area contributed by atoms with E-state index >= 15 is 0 Å². The molecule has 4 rings (SSSR count). The van der Waals surface area contributed by atoms with Gasteiger partial charge < -0.3 is 9.32 Å². The molecule has 0 saturated carbocycles. The van der Waals surface area contributed by atoms with Gasteiger partial charge in [0.25, 0.3) is 5.22 Å². The fourth-order valence-electron chi connectivity index (χ4n) is 3.11. The number of nitrogens with zero attached hydrogens (tertiary/aromatic N) is 3. The van der Waals surface area contributed by atoms with Gasteiger partial charge in [-0.1, -0.05) is 65.9 Å². The molecule has 28 heavy (non-hydrogen) atoms. The predicted octanol–water partition coefficient (Wildman–Crippen LogP) is 4.45. The van der Waals surface area contributed by atoms with Crippen LogP contribution < -0.4 is 0 Å². The highest BCUT2D eigenvalue weighted by Gasteiger charge is 2.19. The zero-order valence-electron chi connectivity index (χ0n) is 15.7. The molecule has 0 N–H and O–H groups in total. The summed E-state index contributed by atoms with van der Waals surface area (Å²) in [5, 5.41) is 8.54. The monoisotopic (exact) mass is 391 g/mol. The van der Waals surface area contributed by atoms with Crippen molar-refractivity contribution in [3.8, 4) is 11.5 Å². The SMILES string of the molecule is Cc1ccc(-c2nnc(SCC(=O)N3CC=C(c4ccccc4)CC3)o2)cc1. The number of rotatable bonds is 5. The maximum atomic E-state index is 12.5. The van der Waals surface area contributed by atoms with E-state index in [1.165, 1.54) is 28.5 Å². The summed E-state index contributed by atoms with van der Waals surface area (Å²) in [5.41, 5.74) is 4.59. The quantitative estimate of drug-likeness (QED) is 0.601. The molecule has 1 aromatic heterocycles. The third-order valence-electron chi connectivity index (χ3n) is 4.73. The van der Waals surface area contributed by atoms with Crippen molar-refractivity contribution in [2.45, 2.75) is 18.6 Å². The van der Waals surface area contributed by atoms with Gasteiger partial charge in [-0.05, 0) is 36.6 Å². The van der Waals surface area contributed by atoms with E-state index in [0.29, 0.717) is 23.4 Å². The second-order valence-electron chi connectivity index (χ2n) is 6.71. The van der Waals surface area contributed by atoms with Crippen LogP contribution >= 0.6 is 11.8 Å². The van der Waals surface area contributed by atoms with Crippen molar-refractivity contribution >= 4 is 23.2 Å². The van der Waals surface area contributed by atoms with Gasteiger partial charge in [-0.25, -0.2) is 0 Å². The summed E-state index contributed by atoms with van der Waals surface area (Å²) in [7, 11) is 0. The lowest BCUT2D eigenvalue weighted by Gasteiger charge is -2.26. The zero-order valence-corrected chi connectivity index (χ0v) is 16.5. The maximum Gasteiger partial charge on any atom is 0.277 e. The second kappa shape index (κ2) is 8.44. The molecule has 2 heterocycles. The van der Waals surface area contributed by atoms with Crippen LogP contribution in [0.5, 0.6) is 0 Å². The Morgan fingerprint density at radius 1 is 1.07 bits per heavy atom. The molecule has 0 saturated heterocycles. The highest BCUT2D eigenvalue weighted by Crippen LogP contribution is 2.25. The molecule has 5 nitrogen and oxygen atoms in total. The van der Waals surface area contributed by atoms with Gasteiger partial charge in [0.05, 0.1) is 5.75 Å². The molecule has 1 amide bonds. The Hall–Kier alpha value is -2.86. The minimum Gasteiger partial charge on any atom is -0.411 e. The van der Waals surface area contributed by atoms with Crippen LogP contribution in [-0.2, 0) is 4.79 Å². The summed E-state index contributed by atoms with van der Waals surface area (Å²) in [4.78, 5) is 14.4. The van der Waals surface area contributed by atoms with Crippen LogP contribution in [0.15, 0.2) is 70.3 Å². The standard InChI is InChI=1S/C22H21N3O2S/c1-16-7-9-19(10-8-16)21-23-24-22(27-21)28-15-20(26)25-13-11-18(12-14-25)17-5-3-2-4-6-17/h2-11H,12-15H2,1H3. The highest BCUT2D eigenvalue weighted by molar-refractivity contribution is 7.99. The molecule has 0 spiro atoms. The molecule has 1 aliphatic rings. The summed E-state index contributed by atoms with van der Waals surface area (Å²) in [6, 6.07) is 18.2. The first-order valence-corrected chi connectivity index (χ1v) is 10.2. The summed E-state index contributed by atoms with van der Waals surface area (Å²) < 4.78 is 5.68. The molecule has 0 atom stereocenters. The number of carbonyl (C=O) groups excluding carboxylic acids is 1. The number of thioether (sulfide) groups is 1. The molecule has 1 aliphatic heterocycles. The van der Waals surface area contributed by atoms with E-state index in [1.54, 1.807) is 0 Å². The van der Waals surface area contributed by atoms with Crippen molar-refractivity contribution in [1.29, 1.82) is 0 Å². The summed E-state index contributed by atoms with van der Waals surface area (Å²) in [6.45, 7) is 3.41. The molecule has 0 unspecified atom stereocenters. The van der Waals surface area contributed by atoms with Crippen molar-refractivity contribution < 1.29 is 9.21 Å². The van der Waals surface area contributed by atoms with Crippen molar-refractivity contribution in [2.75, 3.05) is 18.8 Å². The van der Waals surface area contributed by atoms with E-state index in [1.807, 2.05) is 54.3 Å². The van der Waals surface area contributed by atoms with Gasteiger partial charge in [-0.2, -0.15) is 0 Å². The van der Waals surface area contributed by atoms with Crippen LogP contribution in [0, 0.1) is 6.92 Å². The predicted molar refractivity (Wildman–Crippen MR) is 111 cm³/mol. The average Bonchev–Trinajstić information content (AvgIpc) is 3.22. The first-order chi connectivity index (χ1) is 13.7. The number of aryl methyl sites for hydroxylation is 1. The Kier molecular flexibility index (Phi) is 5.58. The fraction of sp³-hybridized carbons (Fsp3) is 0.227. The Balaban J connectivity index is 1.32. The minimum absolute atomic E-state index is 0.0865. The topological polar surface area (TPSA) is 59.2 Å². The Morgan fingerprint density at radius 3 is 2.57 bits per heavy atom. The van der Waals surface area contributed by atoms with Gasteiger partial charge in [0.15, 0.2) is 0 Å². The first-order valence-electron chi connectivity index (χ1n) is 9.24. The van der Waals surface area contributed by atoms with E-state index in [9.17, 15) is 4.79 Å². The van der Waals surface area contributed by atoms with Crippen LogP contribution in [0.1, 0.15) is 17.5 Å². The van der Waals surface area contributed by atoms with Crippen LogP contribution in [-0.4, -0.2) is 39.8 Å². The van der Waals surface area contributed by atoms with Gasteiger partial charge in [0, 0.05) is 18.7 Å². The van der Waals surface area contributed by atoms with Crippen molar-refractivity contribution in [3.63, 3.8) is 0 Å². The number of benzene rings is 2. The summed E-state index contributed by atoms with van der Waals surface area (Å²) >= 11 is 1.29. The van der Waals surface area contributed by atoms with Crippen molar-refractivity contribution in [1.82, 2.24) is 15.1 Å². The maximum absolute atomic E-state index is 12.5. The Morgan fingerprint density at radius 2 is 1.86 bits per heavy atom. The van der Waals surface area contributed by atoms with Gasteiger partial charge in [-0.15, -0.1) is 10.2 Å². The number of amides is 1. The van der Waals surface area contributed by atoms with Crippen molar-refractivity contribution in [3.05, 3.63) is 71.8 Å². The average molecular weight is 391 g/mol. The van der Waals surface area contributed by atoms with Crippen LogP contribution in [0.2, 0.25) is 0 Å². The molecular formula is C22H21N3O2S. The zero-order chi connectivity index (χ0) is 19.3. The number of hydrogen-bond acceptors (Lipinski definition) is 5. The van der Waals surface area contributed by atoms with Crippen LogP contribution in [0.3, 0.4) is 0 Å². The van der Waals surface area contributed by atoms with Gasteiger partial charge >= 0.3 is 0 Å². The molecule has 0 bridgehead atoms. The largest absolute Gasteiger partial charge is 0.411 e.